The first kappa shape index (κ1) is 13.0. The first-order valence-electron chi connectivity index (χ1n) is 4.81. The monoisotopic (exact) mass is 248 g/mol. The van der Waals surface area contributed by atoms with Crippen LogP contribution in [-0.4, -0.2) is 18.3 Å². The molecule has 0 spiro atoms. The maximum Gasteiger partial charge on any atom is 0.116 e. The number of aliphatic hydroxyl groups excluding tert-OH is 1. The van der Waals surface area contributed by atoms with Crippen LogP contribution < -0.4 is 0 Å². The van der Waals surface area contributed by atoms with Crippen LogP contribution in [0.5, 0.6) is 0 Å². The summed E-state index contributed by atoms with van der Waals surface area (Å²) in [4.78, 5) is 0.776. The summed E-state index contributed by atoms with van der Waals surface area (Å²) < 4.78 is 5.35. The topological polar surface area (TPSA) is 29.5 Å². The second kappa shape index (κ2) is 4.83. The highest BCUT2D eigenvalue weighted by Gasteiger charge is 2.33. The van der Waals surface area contributed by atoms with Gasteiger partial charge in [0.15, 0.2) is 0 Å². The normalized spacial score (nSPS) is 16.4. The van der Waals surface area contributed by atoms with Gasteiger partial charge >= 0.3 is 0 Å². The zero-order valence-electron chi connectivity index (χ0n) is 9.45. The first-order chi connectivity index (χ1) is 6.88. The highest BCUT2D eigenvalue weighted by Crippen LogP contribution is 2.37. The lowest BCUT2D eigenvalue weighted by atomic mass is 9.85. The lowest BCUT2D eigenvalue weighted by Crippen LogP contribution is -2.34. The number of hydrogen-bond acceptors (Lipinski definition) is 3. The molecule has 0 saturated carbocycles. The molecule has 0 fully saturated rings. The lowest BCUT2D eigenvalue weighted by molar-refractivity contribution is -0.0710. The van der Waals surface area contributed by atoms with Gasteiger partial charge < -0.3 is 9.84 Å². The molecule has 4 heteroatoms. The van der Waals surface area contributed by atoms with Crippen LogP contribution in [0.3, 0.4) is 0 Å². The smallest absolute Gasteiger partial charge is 0.116 e. The van der Waals surface area contributed by atoms with Crippen molar-refractivity contribution in [3.8, 4) is 0 Å². The van der Waals surface area contributed by atoms with E-state index in [4.69, 9.17) is 16.3 Å². The number of methoxy groups -OCH3 is 1. The number of aliphatic hydroxyl groups is 1. The SMILES string of the molecule is COC(C(O)c1sccc1Cl)C(C)(C)C. The second-order valence-electron chi connectivity index (χ2n) is 4.60. The Bertz CT molecular complexity index is 317. The fourth-order valence-electron chi connectivity index (χ4n) is 1.61. The molecule has 0 aliphatic rings. The summed E-state index contributed by atoms with van der Waals surface area (Å²) in [5.74, 6) is 0. The molecule has 1 aromatic rings. The van der Waals surface area contributed by atoms with Crippen LogP contribution in [-0.2, 0) is 4.74 Å². The van der Waals surface area contributed by atoms with Crippen molar-refractivity contribution < 1.29 is 9.84 Å². The average molecular weight is 249 g/mol. The van der Waals surface area contributed by atoms with Gasteiger partial charge in [-0.1, -0.05) is 32.4 Å². The van der Waals surface area contributed by atoms with Crippen LogP contribution in [0.1, 0.15) is 31.8 Å². The zero-order valence-corrected chi connectivity index (χ0v) is 11.0. The summed E-state index contributed by atoms with van der Waals surface area (Å²) in [6.45, 7) is 6.10. The van der Waals surface area contributed by atoms with Gasteiger partial charge in [-0.15, -0.1) is 11.3 Å². The Morgan fingerprint density at radius 2 is 2.07 bits per heavy atom. The Kier molecular flexibility index (Phi) is 4.18. The first-order valence-corrected chi connectivity index (χ1v) is 6.07. The molecule has 0 radical (unpaired) electrons. The molecule has 1 heterocycles. The Morgan fingerprint density at radius 3 is 2.40 bits per heavy atom. The molecule has 1 rings (SSSR count). The zero-order chi connectivity index (χ0) is 11.6. The fourth-order valence-corrected chi connectivity index (χ4v) is 2.79. The van der Waals surface area contributed by atoms with Crippen LogP contribution in [0.4, 0.5) is 0 Å². The summed E-state index contributed by atoms with van der Waals surface area (Å²) in [6, 6.07) is 1.79. The molecule has 1 aromatic heterocycles. The standard InChI is InChI=1S/C11H17ClO2S/c1-11(2,3)10(14-4)8(13)9-7(12)5-6-15-9/h5-6,8,10,13H,1-4H3. The van der Waals surface area contributed by atoms with Gasteiger partial charge in [0.05, 0.1) is 16.0 Å². The van der Waals surface area contributed by atoms with Gasteiger partial charge in [-0.25, -0.2) is 0 Å². The van der Waals surface area contributed by atoms with E-state index in [-0.39, 0.29) is 11.5 Å². The lowest BCUT2D eigenvalue weighted by Gasteiger charge is -2.32. The molecule has 0 amide bonds. The summed E-state index contributed by atoms with van der Waals surface area (Å²) in [6.07, 6.45) is -0.920. The molecule has 0 saturated heterocycles. The van der Waals surface area contributed by atoms with Gasteiger partial charge in [0, 0.05) is 7.11 Å². The minimum atomic E-state index is -0.664. The van der Waals surface area contributed by atoms with Crippen LogP contribution in [0.15, 0.2) is 11.4 Å². The molecule has 0 aliphatic carbocycles. The molecule has 86 valence electrons. The predicted octanol–water partition coefficient (Wildman–Crippen LogP) is 3.50. The number of hydrogen-bond donors (Lipinski definition) is 1. The van der Waals surface area contributed by atoms with Gasteiger partial charge in [-0.05, 0) is 16.9 Å². The summed E-state index contributed by atoms with van der Waals surface area (Å²) in [7, 11) is 1.61. The Hall–Kier alpha value is -0.0900. The van der Waals surface area contributed by atoms with E-state index in [1.807, 2.05) is 26.2 Å². The van der Waals surface area contributed by atoms with E-state index in [9.17, 15) is 5.11 Å². The van der Waals surface area contributed by atoms with Crippen molar-refractivity contribution >= 4 is 22.9 Å². The molecule has 0 aliphatic heterocycles. The average Bonchev–Trinajstić information content (AvgIpc) is 2.49. The van der Waals surface area contributed by atoms with Crippen molar-refractivity contribution in [2.24, 2.45) is 5.41 Å². The number of ether oxygens (including phenoxy) is 1. The van der Waals surface area contributed by atoms with Crippen molar-refractivity contribution in [2.45, 2.75) is 33.0 Å². The van der Waals surface area contributed by atoms with E-state index in [1.54, 1.807) is 13.2 Å². The summed E-state index contributed by atoms with van der Waals surface area (Å²) >= 11 is 7.44. The predicted molar refractivity (Wildman–Crippen MR) is 64.5 cm³/mol. The van der Waals surface area contributed by atoms with Crippen LogP contribution >= 0.6 is 22.9 Å². The molecule has 1 N–H and O–H groups in total. The van der Waals surface area contributed by atoms with Gasteiger partial charge in [-0.3, -0.25) is 0 Å². The maximum atomic E-state index is 10.2. The molecule has 2 nitrogen and oxygen atoms in total. The number of halogens is 1. The third kappa shape index (κ3) is 2.94. The van der Waals surface area contributed by atoms with Gasteiger partial charge in [-0.2, -0.15) is 0 Å². The van der Waals surface area contributed by atoms with Crippen LogP contribution in [0, 0.1) is 5.41 Å². The van der Waals surface area contributed by atoms with Crippen LogP contribution in [0.25, 0.3) is 0 Å². The van der Waals surface area contributed by atoms with E-state index in [0.29, 0.717) is 5.02 Å². The van der Waals surface area contributed by atoms with E-state index in [0.717, 1.165) is 4.88 Å². The van der Waals surface area contributed by atoms with E-state index >= 15 is 0 Å². The molecule has 0 bridgehead atoms. The molecule has 15 heavy (non-hydrogen) atoms. The van der Waals surface area contributed by atoms with Crippen molar-refractivity contribution in [3.63, 3.8) is 0 Å². The van der Waals surface area contributed by atoms with Crippen LogP contribution in [0.2, 0.25) is 5.02 Å². The molecular weight excluding hydrogens is 232 g/mol. The van der Waals surface area contributed by atoms with Crippen molar-refractivity contribution in [3.05, 3.63) is 21.3 Å². The van der Waals surface area contributed by atoms with Gasteiger partial charge in [0.2, 0.25) is 0 Å². The minimum Gasteiger partial charge on any atom is -0.385 e. The number of thiophene rings is 1. The summed E-state index contributed by atoms with van der Waals surface area (Å²) in [5.41, 5.74) is -0.124. The Morgan fingerprint density at radius 1 is 1.47 bits per heavy atom. The highest BCUT2D eigenvalue weighted by molar-refractivity contribution is 7.10. The molecule has 2 atom stereocenters. The minimum absolute atomic E-state index is 0.124. The molecular formula is C11H17ClO2S. The second-order valence-corrected chi connectivity index (χ2v) is 5.95. The molecule has 2 unspecified atom stereocenters. The third-order valence-electron chi connectivity index (χ3n) is 2.31. The fraction of sp³-hybridized carbons (Fsp3) is 0.636. The van der Waals surface area contributed by atoms with Gasteiger partial charge in [0.1, 0.15) is 6.10 Å². The van der Waals surface area contributed by atoms with Gasteiger partial charge in [0.25, 0.3) is 0 Å². The largest absolute Gasteiger partial charge is 0.385 e. The van der Waals surface area contributed by atoms with Crippen molar-refractivity contribution in [2.75, 3.05) is 7.11 Å². The van der Waals surface area contributed by atoms with E-state index in [2.05, 4.69) is 0 Å². The van der Waals surface area contributed by atoms with E-state index in [1.165, 1.54) is 11.3 Å². The summed E-state index contributed by atoms with van der Waals surface area (Å²) in [5, 5.41) is 12.7. The van der Waals surface area contributed by atoms with Crippen molar-refractivity contribution in [1.82, 2.24) is 0 Å². The highest BCUT2D eigenvalue weighted by atomic mass is 35.5. The Labute approximate surface area is 99.8 Å². The maximum absolute atomic E-state index is 10.2. The number of rotatable bonds is 3. The van der Waals surface area contributed by atoms with Crippen molar-refractivity contribution in [1.29, 1.82) is 0 Å². The third-order valence-corrected chi connectivity index (χ3v) is 3.74. The van der Waals surface area contributed by atoms with E-state index < -0.39 is 6.10 Å². The quantitative estimate of drug-likeness (QED) is 0.887. The Balaban J connectivity index is 2.92. The molecule has 0 aromatic carbocycles.